The Morgan fingerprint density at radius 3 is 2.72 bits per heavy atom. The lowest BCUT2D eigenvalue weighted by molar-refractivity contribution is 0.311. The Labute approximate surface area is 111 Å². The van der Waals surface area contributed by atoms with E-state index in [1.54, 1.807) is 11.3 Å². The molecular weight excluding hydrogens is 244 g/mol. The van der Waals surface area contributed by atoms with Gasteiger partial charge < -0.3 is 9.80 Å². The standard InChI is InChI=1S/C13H16N4S/c1-16-6-8-17(9-7-16)13-14-5-4-11(15-13)12-3-2-10-18-12/h2-5,10H,6-9H2,1H3. The number of nitrogens with zero attached hydrogens (tertiary/aromatic N) is 4. The lowest BCUT2D eigenvalue weighted by atomic mass is 10.3. The molecule has 2 aromatic heterocycles. The van der Waals surface area contributed by atoms with E-state index < -0.39 is 0 Å². The maximum Gasteiger partial charge on any atom is 0.225 e. The summed E-state index contributed by atoms with van der Waals surface area (Å²) >= 11 is 1.71. The third-order valence-electron chi connectivity index (χ3n) is 3.20. The average Bonchev–Trinajstić information content (AvgIpc) is 2.94. The van der Waals surface area contributed by atoms with Crippen molar-refractivity contribution in [3.8, 4) is 10.6 Å². The average molecular weight is 260 g/mol. The Morgan fingerprint density at radius 1 is 1.17 bits per heavy atom. The highest BCUT2D eigenvalue weighted by atomic mass is 32.1. The molecule has 0 spiro atoms. The highest BCUT2D eigenvalue weighted by molar-refractivity contribution is 7.13. The molecule has 0 unspecified atom stereocenters. The highest BCUT2D eigenvalue weighted by Crippen LogP contribution is 2.23. The Morgan fingerprint density at radius 2 is 2.00 bits per heavy atom. The van der Waals surface area contributed by atoms with E-state index in [1.165, 1.54) is 4.88 Å². The van der Waals surface area contributed by atoms with Gasteiger partial charge in [-0.2, -0.15) is 0 Å². The molecule has 0 aliphatic carbocycles. The SMILES string of the molecule is CN1CCN(c2nccc(-c3cccs3)n2)CC1. The molecule has 2 aromatic rings. The fourth-order valence-corrected chi connectivity index (χ4v) is 2.76. The molecule has 0 radical (unpaired) electrons. The number of aromatic nitrogens is 2. The maximum atomic E-state index is 4.67. The van der Waals surface area contributed by atoms with Crippen LogP contribution in [0.4, 0.5) is 5.95 Å². The predicted octanol–water partition coefficient (Wildman–Crippen LogP) is 1.96. The fraction of sp³-hybridized carbons (Fsp3) is 0.385. The Bertz CT molecular complexity index is 503. The molecule has 1 saturated heterocycles. The van der Waals surface area contributed by atoms with Crippen molar-refractivity contribution >= 4 is 17.3 Å². The molecule has 1 aliphatic rings. The van der Waals surface area contributed by atoms with Gasteiger partial charge in [0.2, 0.25) is 5.95 Å². The minimum absolute atomic E-state index is 0.856. The van der Waals surface area contributed by atoms with E-state index in [0.717, 1.165) is 37.8 Å². The highest BCUT2D eigenvalue weighted by Gasteiger charge is 2.16. The number of piperazine rings is 1. The van der Waals surface area contributed by atoms with Crippen LogP contribution in [0.5, 0.6) is 0 Å². The van der Waals surface area contributed by atoms with E-state index in [1.807, 2.05) is 12.3 Å². The lowest BCUT2D eigenvalue weighted by Crippen LogP contribution is -2.45. The van der Waals surface area contributed by atoms with Crippen LogP contribution in [0.2, 0.25) is 0 Å². The molecular formula is C13H16N4S. The first-order valence-electron chi connectivity index (χ1n) is 6.13. The Balaban J connectivity index is 1.83. The van der Waals surface area contributed by atoms with Crippen molar-refractivity contribution in [3.63, 3.8) is 0 Å². The van der Waals surface area contributed by atoms with E-state index in [-0.39, 0.29) is 0 Å². The summed E-state index contributed by atoms with van der Waals surface area (Å²) in [6.07, 6.45) is 1.86. The molecule has 4 nitrogen and oxygen atoms in total. The van der Waals surface area contributed by atoms with Gasteiger partial charge in [0.25, 0.3) is 0 Å². The Hall–Kier alpha value is -1.46. The van der Waals surface area contributed by atoms with Gasteiger partial charge in [-0.05, 0) is 24.6 Å². The van der Waals surface area contributed by atoms with E-state index in [2.05, 4.69) is 44.3 Å². The summed E-state index contributed by atoms with van der Waals surface area (Å²) in [6, 6.07) is 6.13. The zero-order valence-corrected chi connectivity index (χ0v) is 11.2. The Kier molecular flexibility index (Phi) is 3.25. The molecule has 94 valence electrons. The molecule has 0 amide bonds. The van der Waals surface area contributed by atoms with Gasteiger partial charge in [-0.25, -0.2) is 9.97 Å². The summed E-state index contributed by atoms with van der Waals surface area (Å²) in [5.74, 6) is 0.856. The van der Waals surface area contributed by atoms with Gasteiger partial charge >= 0.3 is 0 Å². The second kappa shape index (κ2) is 5.04. The van der Waals surface area contributed by atoms with E-state index in [0.29, 0.717) is 0 Å². The maximum absolute atomic E-state index is 4.67. The van der Waals surface area contributed by atoms with Gasteiger partial charge in [0.05, 0.1) is 10.6 Å². The van der Waals surface area contributed by atoms with Crippen LogP contribution in [0.15, 0.2) is 29.8 Å². The summed E-state index contributed by atoms with van der Waals surface area (Å²) < 4.78 is 0. The van der Waals surface area contributed by atoms with Crippen LogP contribution in [0, 0.1) is 0 Å². The molecule has 1 aliphatic heterocycles. The van der Waals surface area contributed by atoms with Gasteiger partial charge in [-0.15, -0.1) is 11.3 Å². The molecule has 5 heteroatoms. The number of rotatable bonds is 2. The zero-order valence-electron chi connectivity index (χ0n) is 10.4. The molecule has 3 heterocycles. The smallest absolute Gasteiger partial charge is 0.225 e. The number of hydrogen-bond acceptors (Lipinski definition) is 5. The van der Waals surface area contributed by atoms with E-state index >= 15 is 0 Å². The number of likely N-dealkylation sites (N-methyl/N-ethyl adjacent to an activating group) is 1. The second-order valence-corrected chi connectivity index (χ2v) is 5.46. The zero-order chi connectivity index (χ0) is 12.4. The first-order valence-corrected chi connectivity index (χ1v) is 7.01. The molecule has 0 bridgehead atoms. The summed E-state index contributed by atoms with van der Waals surface area (Å²) in [5, 5.41) is 2.08. The van der Waals surface area contributed by atoms with Crippen LogP contribution < -0.4 is 4.90 Å². The molecule has 1 fully saturated rings. The van der Waals surface area contributed by atoms with Gasteiger partial charge in [0, 0.05) is 32.4 Å². The van der Waals surface area contributed by atoms with Crippen LogP contribution in [-0.2, 0) is 0 Å². The number of thiophene rings is 1. The van der Waals surface area contributed by atoms with Crippen LogP contribution in [0.3, 0.4) is 0 Å². The van der Waals surface area contributed by atoms with Crippen molar-refractivity contribution in [1.29, 1.82) is 0 Å². The predicted molar refractivity (Wildman–Crippen MR) is 75.1 cm³/mol. The molecule has 0 saturated carbocycles. The molecule has 3 rings (SSSR count). The van der Waals surface area contributed by atoms with Crippen LogP contribution in [-0.4, -0.2) is 48.1 Å². The number of anilines is 1. The van der Waals surface area contributed by atoms with E-state index in [9.17, 15) is 0 Å². The van der Waals surface area contributed by atoms with Gasteiger partial charge in [-0.1, -0.05) is 6.07 Å². The van der Waals surface area contributed by atoms with Crippen molar-refractivity contribution in [1.82, 2.24) is 14.9 Å². The first kappa shape index (κ1) is 11.6. The quantitative estimate of drug-likeness (QED) is 0.826. The van der Waals surface area contributed by atoms with Crippen LogP contribution >= 0.6 is 11.3 Å². The van der Waals surface area contributed by atoms with Crippen molar-refractivity contribution in [2.45, 2.75) is 0 Å². The summed E-state index contributed by atoms with van der Waals surface area (Å²) in [5.41, 5.74) is 1.02. The topological polar surface area (TPSA) is 32.3 Å². The van der Waals surface area contributed by atoms with Crippen molar-refractivity contribution in [2.75, 3.05) is 38.1 Å². The third kappa shape index (κ3) is 2.37. The fourth-order valence-electron chi connectivity index (χ4n) is 2.07. The van der Waals surface area contributed by atoms with E-state index in [4.69, 9.17) is 0 Å². The van der Waals surface area contributed by atoms with Crippen LogP contribution in [0.1, 0.15) is 0 Å². The monoisotopic (exact) mass is 260 g/mol. The largest absolute Gasteiger partial charge is 0.338 e. The second-order valence-electron chi connectivity index (χ2n) is 4.51. The normalized spacial score (nSPS) is 17.1. The molecule has 18 heavy (non-hydrogen) atoms. The van der Waals surface area contributed by atoms with Gasteiger partial charge in [-0.3, -0.25) is 0 Å². The summed E-state index contributed by atoms with van der Waals surface area (Å²) in [7, 11) is 2.15. The summed E-state index contributed by atoms with van der Waals surface area (Å²) in [4.78, 5) is 14.9. The number of hydrogen-bond donors (Lipinski definition) is 0. The summed E-state index contributed by atoms with van der Waals surface area (Å²) in [6.45, 7) is 4.16. The van der Waals surface area contributed by atoms with Gasteiger partial charge in [0.1, 0.15) is 0 Å². The molecule has 0 aromatic carbocycles. The third-order valence-corrected chi connectivity index (χ3v) is 4.09. The van der Waals surface area contributed by atoms with Crippen LogP contribution in [0.25, 0.3) is 10.6 Å². The first-order chi connectivity index (χ1) is 8.83. The lowest BCUT2D eigenvalue weighted by Gasteiger charge is -2.32. The molecule has 0 atom stereocenters. The van der Waals surface area contributed by atoms with Crippen molar-refractivity contribution < 1.29 is 0 Å². The van der Waals surface area contributed by atoms with Gasteiger partial charge in [0.15, 0.2) is 0 Å². The minimum Gasteiger partial charge on any atom is -0.338 e. The minimum atomic E-state index is 0.856. The van der Waals surface area contributed by atoms with Crippen molar-refractivity contribution in [2.24, 2.45) is 0 Å². The molecule has 0 N–H and O–H groups in total. The van der Waals surface area contributed by atoms with Crippen molar-refractivity contribution in [3.05, 3.63) is 29.8 Å².